The van der Waals surface area contributed by atoms with Gasteiger partial charge in [0.1, 0.15) is 5.75 Å². The Bertz CT molecular complexity index is 1060. The number of ether oxygens (including phenoxy) is 2. The van der Waals surface area contributed by atoms with Crippen molar-refractivity contribution in [3.05, 3.63) is 64.6 Å². The van der Waals surface area contributed by atoms with Gasteiger partial charge in [0.25, 0.3) is 5.91 Å². The number of aliphatic imine (C=N–C) groups is 1. The summed E-state index contributed by atoms with van der Waals surface area (Å²) in [7, 11) is 0. The summed E-state index contributed by atoms with van der Waals surface area (Å²) in [5.41, 5.74) is 1.56. The van der Waals surface area contributed by atoms with Crippen molar-refractivity contribution in [3.63, 3.8) is 0 Å². The monoisotopic (exact) mass is 440 g/mol. The highest BCUT2D eigenvalue weighted by molar-refractivity contribution is 8.18. The molecular formula is C22H20N2O6S. The van der Waals surface area contributed by atoms with Crippen molar-refractivity contribution in [2.75, 3.05) is 6.61 Å². The number of hydrogen-bond acceptors (Lipinski definition) is 7. The number of amidine groups is 1. The van der Waals surface area contributed by atoms with Crippen molar-refractivity contribution in [1.29, 1.82) is 0 Å². The second-order valence-electron chi connectivity index (χ2n) is 6.39. The van der Waals surface area contributed by atoms with E-state index < -0.39 is 18.0 Å². The fraction of sp³-hybridized carbons (Fsp3) is 0.182. The van der Waals surface area contributed by atoms with Crippen molar-refractivity contribution in [2.24, 2.45) is 4.99 Å². The number of thioether (sulfide) groups is 1. The van der Waals surface area contributed by atoms with Crippen LogP contribution >= 0.6 is 11.8 Å². The number of hydrogen-bond donors (Lipinski definition) is 2. The summed E-state index contributed by atoms with van der Waals surface area (Å²) >= 11 is 1.15. The summed E-state index contributed by atoms with van der Waals surface area (Å²) in [5.74, 6) is -1.46. The molecular weight excluding hydrogens is 420 g/mol. The van der Waals surface area contributed by atoms with E-state index in [0.29, 0.717) is 39.2 Å². The average Bonchev–Trinajstić information content (AvgIpc) is 3.08. The maximum Gasteiger partial charge on any atom is 0.344 e. The number of carbonyl (C=O) groups is 3. The summed E-state index contributed by atoms with van der Waals surface area (Å²) in [6.07, 6.45) is 0.593. The zero-order valence-corrected chi connectivity index (χ0v) is 17.6. The van der Waals surface area contributed by atoms with Gasteiger partial charge in [-0.2, -0.15) is 0 Å². The lowest BCUT2D eigenvalue weighted by atomic mass is 10.2. The Morgan fingerprint density at radius 2 is 1.90 bits per heavy atom. The lowest BCUT2D eigenvalue weighted by Crippen LogP contribution is -2.23. The van der Waals surface area contributed by atoms with Crippen LogP contribution in [0.1, 0.15) is 29.8 Å². The minimum atomic E-state index is -1.08. The third-order valence-corrected chi connectivity index (χ3v) is 5.03. The van der Waals surface area contributed by atoms with Gasteiger partial charge in [0.15, 0.2) is 11.3 Å². The number of rotatable bonds is 7. The molecule has 2 aromatic carbocycles. The first-order chi connectivity index (χ1) is 14.9. The Morgan fingerprint density at radius 3 is 2.58 bits per heavy atom. The van der Waals surface area contributed by atoms with Gasteiger partial charge < -0.3 is 19.9 Å². The summed E-state index contributed by atoms with van der Waals surface area (Å²) in [4.78, 5) is 39.9. The molecule has 1 fully saturated rings. The fourth-order valence-electron chi connectivity index (χ4n) is 2.57. The second-order valence-corrected chi connectivity index (χ2v) is 7.42. The summed E-state index contributed by atoms with van der Waals surface area (Å²) in [6, 6.07) is 13.4. The van der Waals surface area contributed by atoms with Crippen LogP contribution in [0.15, 0.2) is 58.4 Å². The number of benzene rings is 2. The molecule has 1 heterocycles. The van der Waals surface area contributed by atoms with E-state index in [0.717, 1.165) is 11.8 Å². The molecule has 160 valence electrons. The Labute approximate surface area is 183 Å². The van der Waals surface area contributed by atoms with Gasteiger partial charge in [-0.05, 0) is 62.0 Å². The molecule has 9 heteroatoms. The van der Waals surface area contributed by atoms with E-state index in [1.807, 2.05) is 0 Å². The van der Waals surface area contributed by atoms with Crippen LogP contribution in [-0.2, 0) is 14.3 Å². The highest BCUT2D eigenvalue weighted by atomic mass is 32.2. The molecule has 0 aromatic heterocycles. The molecule has 1 aliphatic heterocycles. The molecule has 0 bridgehead atoms. The summed E-state index contributed by atoms with van der Waals surface area (Å²) in [5, 5.41) is 12.1. The van der Waals surface area contributed by atoms with Crippen LogP contribution < -0.4 is 10.1 Å². The van der Waals surface area contributed by atoms with Gasteiger partial charge in [0.05, 0.1) is 22.8 Å². The van der Waals surface area contributed by atoms with Crippen LogP contribution in [0, 0.1) is 0 Å². The highest BCUT2D eigenvalue weighted by Crippen LogP contribution is 2.31. The van der Waals surface area contributed by atoms with Crippen molar-refractivity contribution < 1.29 is 29.0 Å². The number of carboxylic acid groups (broad SMARTS) is 1. The molecule has 2 N–H and O–H groups in total. The average molecular weight is 440 g/mol. The van der Waals surface area contributed by atoms with Gasteiger partial charge in [-0.1, -0.05) is 18.2 Å². The number of carboxylic acids is 1. The molecule has 1 unspecified atom stereocenters. The van der Waals surface area contributed by atoms with Crippen LogP contribution in [0.25, 0.3) is 6.08 Å². The van der Waals surface area contributed by atoms with Crippen LogP contribution in [0.3, 0.4) is 0 Å². The number of para-hydroxylation sites is 1. The minimum Gasteiger partial charge on any atom is -0.479 e. The van der Waals surface area contributed by atoms with Gasteiger partial charge in [0.2, 0.25) is 0 Å². The molecule has 1 saturated heterocycles. The van der Waals surface area contributed by atoms with E-state index in [1.165, 1.54) is 6.92 Å². The van der Waals surface area contributed by atoms with Gasteiger partial charge in [0, 0.05) is 5.56 Å². The third-order valence-electron chi connectivity index (χ3n) is 4.12. The van der Waals surface area contributed by atoms with Gasteiger partial charge in [-0.15, -0.1) is 0 Å². The van der Waals surface area contributed by atoms with E-state index in [1.54, 1.807) is 61.5 Å². The molecule has 31 heavy (non-hydrogen) atoms. The maximum atomic E-state index is 12.4. The maximum absolute atomic E-state index is 12.4. The van der Waals surface area contributed by atoms with Crippen LogP contribution in [0.2, 0.25) is 0 Å². The smallest absolute Gasteiger partial charge is 0.344 e. The topological polar surface area (TPSA) is 114 Å². The van der Waals surface area contributed by atoms with Crippen molar-refractivity contribution in [3.8, 4) is 5.75 Å². The molecule has 3 rings (SSSR count). The highest BCUT2D eigenvalue weighted by Gasteiger charge is 2.24. The molecule has 0 aliphatic carbocycles. The molecule has 1 aliphatic rings. The van der Waals surface area contributed by atoms with Crippen LogP contribution in [-0.4, -0.2) is 40.8 Å². The number of esters is 1. The number of aliphatic carboxylic acids is 1. The Balaban J connectivity index is 1.77. The number of carbonyl (C=O) groups excluding carboxylic acids is 2. The van der Waals surface area contributed by atoms with Crippen molar-refractivity contribution >= 4 is 46.5 Å². The van der Waals surface area contributed by atoms with E-state index in [9.17, 15) is 14.4 Å². The normalized spacial score (nSPS) is 16.8. The van der Waals surface area contributed by atoms with E-state index in [-0.39, 0.29) is 5.91 Å². The van der Waals surface area contributed by atoms with Gasteiger partial charge in [-0.25, -0.2) is 14.6 Å². The lowest BCUT2D eigenvalue weighted by molar-refractivity contribution is -0.144. The first-order valence-corrected chi connectivity index (χ1v) is 10.2. The van der Waals surface area contributed by atoms with Crippen molar-refractivity contribution in [1.82, 2.24) is 5.32 Å². The van der Waals surface area contributed by atoms with E-state index in [4.69, 9.17) is 14.6 Å². The molecule has 0 spiro atoms. The van der Waals surface area contributed by atoms with E-state index in [2.05, 4.69) is 10.3 Å². The molecule has 1 amide bonds. The molecule has 0 radical (unpaired) electrons. The minimum absolute atomic E-state index is 0.296. The quantitative estimate of drug-likeness (QED) is 0.499. The molecule has 1 atom stereocenters. The first-order valence-electron chi connectivity index (χ1n) is 9.42. The van der Waals surface area contributed by atoms with Crippen molar-refractivity contribution in [2.45, 2.75) is 20.0 Å². The van der Waals surface area contributed by atoms with Gasteiger partial charge >= 0.3 is 11.9 Å². The predicted octanol–water partition coefficient (Wildman–Crippen LogP) is 3.61. The van der Waals surface area contributed by atoms with Gasteiger partial charge in [-0.3, -0.25) is 4.79 Å². The molecule has 2 aromatic rings. The third kappa shape index (κ3) is 5.73. The molecule has 0 saturated carbocycles. The standard InChI is InChI=1S/C22H20N2O6S/c1-3-29-21(28)14-8-10-16(11-9-14)23-22-24-19(25)18(31-22)12-15-6-4-5-7-17(15)30-13(2)20(26)27/h4-13H,3H2,1-2H3,(H,26,27)(H,23,24,25)/b18-12+. The predicted molar refractivity (Wildman–Crippen MR) is 117 cm³/mol. The molecule has 8 nitrogen and oxygen atoms in total. The lowest BCUT2D eigenvalue weighted by Gasteiger charge is -2.12. The number of amides is 1. The summed E-state index contributed by atoms with van der Waals surface area (Å²) in [6.45, 7) is 3.46. The zero-order chi connectivity index (χ0) is 22.4. The Kier molecular flexibility index (Phi) is 7.09. The first kappa shape index (κ1) is 22.1. The summed E-state index contributed by atoms with van der Waals surface area (Å²) < 4.78 is 10.4. The Hall–Kier alpha value is -3.59. The zero-order valence-electron chi connectivity index (χ0n) is 16.8. The van der Waals surface area contributed by atoms with Crippen LogP contribution in [0.4, 0.5) is 5.69 Å². The Morgan fingerprint density at radius 1 is 1.19 bits per heavy atom. The van der Waals surface area contributed by atoms with Crippen LogP contribution in [0.5, 0.6) is 5.75 Å². The largest absolute Gasteiger partial charge is 0.479 e. The fourth-order valence-corrected chi connectivity index (χ4v) is 3.41. The van der Waals surface area contributed by atoms with E-state index >= 15 is 0 Å². The second kappa shape index (κ2) is 9.94. The number of nitrogens with one attached hydrogen (secondary N) is 1. The SMILES string of the molecule is CCOC(=O)c1ccc(N=C2NC(=O)/C(=C\c3ccccc3OC(C)C(=O)O)S2)cc1. The number of nitrogens with zero attached hydrogens (tertiary/aromatic N) is 1.